The number of carboxylic acid groups (broad SMARTS) is 1. The zero-order valence-corrected chi connectivity index (χ0v) is 12.8. The van der Waals surface area contributed by atoms with E-state index in [0.717, 1.165) is 0 Å². The molecular weight excluding hydrogens is 278 g/mol. The van der Waals surface area contributed by atoms with Crippen LogP contribution in [0.4, 0.5) is 0 Å². The van der Waals surface area contributed by atoms with E-state index >= 15 is 0 Å². The summed E-state index contributed by atoms with van der Waals surface area (Å²) in [5, 5.41) is 22.9. The number of carbonyl (C=O) groups excluding carboxylic acids is 2. The fourth-order valence-electron chi connectivity index (χ4n) is 1.65. The van der Waals surface area contributed by atoms with E-state index in [2.05, 4.69) is 10.6 Å². The van der Waals surface area contributed by atoms with E-state index in [9.17, 15) is 19.5 Å². The van der Waals surface area contributed by atoms with Crippen molar-refractivity contribution in [3.05, 3.63) is 0 Å². The van der Waals surface area contributed by atoms with E-state index in [1.54, 1.807) is 0 Å². The van der Waals surface area contributed by atoms with Crippen LogP contribution < -0.4 is 16.4 Å². The summed E-state index contributed by atoms with van der Waals surface area (Å²) in [6.45, 7) is 6.41. The SMILES string of the molecule is CC(C)C[C@H](N)C(=O)N[C@H](C(=O)N[C@@H](C)C(=O)O)[C@@H](C)O. The summed E-state index contributed by atoms with van der Waals surface area (Å²) in [5.74, 6) is -2.34. The minimum Gasteiger partial charge on any atom is -0.480 e. The smallest absolute Gasteiger partial charge is 0.325 e. The Balaban J connectivity index is 4.73. The summed E-state index contributed by atoms with van der Waals surface area (Å²) in [4.78, 5) is 34.5. The first kappa shape index (κ1) is 19.3. The van der Waals surface area contributed by atoms with Crippen LogP contribution in [0, 0.1) is 5.92 Å². The van der Waals surface area contributed by atoms with Crippen molar-refractivity contribution in [3.8, 4) is 0 Å². The minimum absolute atomic E-state index is 0.205. The van der Waals surface area contributed by atoms with Crippen LogP contribution in [0.1, 0.15) is 34.1 Å². The second kappa shape index (κ2) is 8.58. The molecule has 0 saturated heterocycles. The summed E-state index contributed by atoms with van der Waals surface area (Å²) < 4.78 is 0. The standard InChI is InChI=1S/C13H25N3O5/c1-6(2)5-9(14)11(18)16-10(8(4)17)12(19)15-7(3)13(20)21/h6-10,17H,5,14H2,1-4H3,(H,15,19)(H,16,18)(H,20,21)/t7-,8+,9-,10-/m0/s1. The normalized spacial score (nSPS) is 16.7. The lowest BCUT2D eigenvalue weighted by atomic mass is 10.0. The van der Waals surface area contributed by atoms with Crippen LogP contribution in [0.5, 0.6) is 0 Å². The van der Waals surface area contributed by atoms with Crippen LogP contribution in [-0.4, -0.2) is 52.2 Å². The Labute approximate surface area is 124 Å². The maximum absolute atomic E-state index is 11.9. The van der Waals surface area contributed by atoms with Crippen LogP contribution in [-0.2, 0) is 14.4 Å². The number of hydrogen-bond donors (Lipinski definition) is 5. The van der Waals surface area contributed by atoms with E-state index in [4.69, 9.17) is 10.8 Å². The molecule has 0 radical (unpaired) electrons. The number of aliphatic hydroxyl groups is 1. The lowest BCUT2D eigenvalue weighted by molar-refractivity contribution is -0.142. The van der Waals surface area contributed by atoms with Crippen LogP contribution in [0.2, 0.25) is 0 Å². The molecule has 0 aromatic heterocycles. The number of rotatable bonds is 8. The predicted octanol–water partition coefficient (Wildman–Crippen LogP) is -1.19. The van der Waals surface area contributed by atoms with Gasteiger partial charge in [0.2, 0.25) is 11.8 Å². The van der Waals surface area contributed by atoms with E-state index < -0.39 is 42.0 Å². The van der Waals surface area contributed by atoms with Gasteiger partial charge < -0.3 is 26.6 Å². The van der Waals surface area contributed by atoms with Gasteiger partial charge in [0.1, 0.15) is 12.1 Å². The number of amides is 2. The summed E-state index contributed by atoms with van der Waals surface area (Å²) in [7, 11) is 0. The number of nitrogens with two attached hydrogens (primary N) is 1. The molecule has 0 aliphatic carbocycles. The van der Waals surface area contributed by atoms with E-state index in [0.29, 0.717) is 6.42 Å². The highest BCUT2D eigenvalue weighted by Gasteiger charge is 2.29. The number of aliphatic carboxylic acids is 1. The molecule has 0 bridgehead atoms. The van der Waals surface area contributed by atoms with E-state index in [1.807, 2.05) is 13.8 Å². The van der Waals surface area contributed by atoms with Crippen molar-refractivity contribution in [3.63, 3.8) is 0 Å². The van der Waals surface area contributed by atoms with E-state index in [-0.39, 0.29) is 5.92 Å². The fourth-order valence-corrected chi connectivity index (χ4v) is 1.65. The highest BCUT2D eigenvalue weighted by molar-refractivity contribution is 5.92. The van der Waals surface area contributed by atoms with Gasteiger partial charge in [-0.25, -0.2) is 0 Å². The van der Waals surface area contributed by atoms with Gasteiger partial charge in [-0.05, 0) is 26.2 Å². The molecule has 8 nitrogen and oxygen atoms in total. The van der Waals surface area contributed by atoms with Gasteiger partial charge in [-0.1, -0.05) is 13.8 Å². The molecule has 0 spiro atoms. The highest BCUT2D eigenvalue weighted by atomic mass is 16.4. The quantitative estimate of drug-likeness (QED) is 0.382. The topological polar surface area (TPSA) is 142 Å². The second-order valence-electron chi connectivity index (χ2n) is 5.53. The Hall–Kier alpha value is -1.67. The molecule has 0 aromatic rings. The van der Waals surface area contributed by atoms with Crippen LogP contribution in [0.15, 0.2) is 0 Å². The number of nitrogens with one attached hydrogen (secondary N) is 2. The van der Waals surface area contributed by atoms with Crippen molar-refractivity contribution in [2.24, 2.45) is 11.7 Å². The van der Waals surface area contributed by atoms with Gasteiger partial charge in [0.05, 0.1) is 12.1 Å². The van der Waals surface area contributed by atoms with Gasteiger partial charge in [-0.3, -0.25) is 14.4 Å². The number of carboxylic acids is 1. The van der Waals surface area contributed by atoms with Gasteiger partial charge in [0, 0.05) is 0 Å². The molecule has 122 valence electrons. The third-order valence-corrected chi connectivity index (χ3v) is 2.85. The second-order valence-corrected chi connectivity index (χ2v) is 5.53. The Morgan fingerprint density at radius 2 is 1.57 bits per heavy atom. The molecule has 6 N–H and O–H groups in total. The molecule has 0 heterocycles. The lowest BCUT2D eigenvalue weighted by Gasteiger charge is -2.24. The molecule has 4 atom stereocenters. The molecule has 0 aliphatic heterocycles. The third-order valence-electron chi connectivity index (χ3n) is 2.85. The summed E-state index contributed by atoms with van der Waals surface area (Å²) in [6.07, 6.45) is -0.743. The fraction of sp³-hybridized carbons (Fsp3) is 0.769. The van der Waals surface area contributed by atoms with Crippen LogP contribution >= 0.6 is 0 Å². The summed E-state index contributed by atoms with van der Waals surface area (Å²) >= 11 is 0. The van der Waals surface area contributed by atoms with Gasteiger partial charge in [0.25, 0.3) is 0 Å². The van der Waals surface area contributed by atoms with Gasteiger partial charge in [0.15, 0.2) is 0 Å². The van der Waals surface area contributed by atoms with E-state index in [1.165, 1.54) is 13.8 Å². The first-order valence-electron chi connectivity index (χ1n) is 6.83. The average Bonchev–Trinajstić information content (AvgIpc) is 2.33. The van der Waals surface area contributed by atoms with Crippen molar-refractivity contribution in [2.75, 3.05) is 0 Å². The van der Waals surface area contributed by atoms with Crippen LogP contribution in [0.25, 0.3) is 0 Å². The molecule has 2 amide bonds. The molecule has 0 saturated carbocycles. The number of hydrogen-bond acceptors (Lipinski definition) is 5. The Morgan fingerprint density at radius 1 is 1.05 bits per heavy atom. The Morgan fingerprint density at radius 3 is 1.95 bits per heavy atom. The Kier molecular flexibility index (Phi) is 7.90. The largest absolute Gasteiger partial charge is 0.480 e. The molecule has 0 aliphatic rings. The molecule has 0 aromatic carbocycles. The van der Waals surface area contributed by atoms with Crippen molar-refractivity contribution >= 4 is 17.8 Å². The van der Waals surface area contributed by atoms with Crippen molar-refractivity contribution in [1.82, 2.24) is 10.6 Å². The molecule has 0 unspecified atom stereocenters. The minimum atomic E-state index is -1.25. The average molecular weight is 303 g/mol. The monoisotopic (exact) mass is 303 g/mol. The maximum atomic E-state index is 11.9. The molecular formula is C13H25N3O5. The molecule has 8 heteroatoms. The zero-order valence-electron chi connectivity index (χ0n) is 12.8. The zero-order chi connectivity index (χ0) is 16.7. The van der Waals surface area contributed by atoms with Gasteiger partial charge in [-0.2, -0.15) is 0 Å². The summed E-state index contributed by atoms with van der Waals surface area (Å²) in [6, 6.07) is -3.17. The number of carbonyl (C=O) groups is 3. The third kappa shape index (κ3) is 7.05. The van der Waals surface area contributed by atoms with Gasteiger partial charge in [-0.15, -0.1) is 0 Å². The number of aliphatic hydroxyl groups excluding tert-OH is 1. The van der Waals surface area contributed by atoms with Gasteiger partial charge >= 0.3 is 5.97 Å². The predicted molar refractivity (Wildman–Crippen MR) is 76.3 cm³/mol. The molecule has 21 heavy (non-hydrogen) atoms. The highest BCUT2D eigenvalue weighted by Crippen LogP contribution is 2.04. The first-order valence-corrected chi connectivity index (χ1v) is 6.83. The molecule has 0 rings (SSSR count). The van der Waals surface area contributed by atoms with Crippen LogP contribution in [0.3, 0.4) is 0 Å². The molecule has 0 fully saturated rings. The maximum Gasteiger partial charge on any atom is 0.325 e. The summed E-state index contributed by atoms with van der Waals surface area (Å²) in [5.41, 5.74) is 5.70. The first-order chi connectivity index (χ1) is 9.56. The van der Waals surface area contributed by atoms with Crippen molar-refractivity contribution in [2.45, 2.75) is 58.3 Å². The van der Waals surface area contributed by atoms with Crippen molar-refractivity contribution in [1.29, 1.82) is 0 Å². The lowest BCUT2D eigenvalue weighted by Crippen LogP contribution is -2.57. The Bertz CT molecular complexity index is 384. The van der Waals surface area contributed by atoms with Crippen molar-refractivity contribution < 1.29 is 24.6 Å².